The molecular formula is C12H11FO3. The second-order valence-corrected chi connectivity index (χ2v) is 3.46. The Morgan fingerprint density at radius 3 is 3.06 bits per heavy atom. The minimum atomic E-state index is -0.387. The average molecular weight is 222 g/mol. The van der Waals surface area contributed by atoms with E-state index >= 15 is 0 Å². The van der Waals surface area contributed by atoms with Crippen molar-refractivity contribution < 1.29 is 18.3 Å². The lowest BCUT2D eigenvalue weighted by molar-refractivity contribution is -0.134. The molecule has 0 aliphatic rings. The van der Waals surface area contributed by atoms with Crippen LogP contribution >= 0.6 is 0 Å². The Bertz CT molecular complexity index is 516. The maximum absolute atomic E-state index is 13.0. The highest BCUT2D eigenvalue weighted by molar-refractivity contribution is 5.87. The monoisotopic (exact) mass is 222 g/mol. The van der Waals surface area contributed by atoms with Gasteiger partial charge in [-0.15, -0.1) is 0 Å². The zero-order valence-corrected chi connectivity index (χ0v) is 8.83. The standard InChI is InChI=1S/C12H11FO3/c1-2-3-12(14)16-11-7-15-10-5-4-8(13)6-9(10)11/h4-7H,2-3H2,1H3. The van der Waals surface area contributed by atoms with Crippen molar-refractivity contribution >= 4 is 16.9 Å². The third-order valence-corrected chi connectivity index (χ3v) is 2.18. The highest BCUT2D eigenvalue weighted by Crippen LogP contribution is 2.28. The molecule has 4 heteroatoms. The Kier molecular flexibility index (Phi) is 2.90. The van der Waals surface area contributed by atoms with Gasteiger partial charge in [0.2, 0.25) is 0 Å². The van der Waals surface area contributed by atoms with Crippen LogP contribution in [0.3, 0.4) is 0 Å². The fourth-order valence-corrected chi connectivity index (χ4v) is 1.43. The number of carbonyl (C=O) groups is 1. The number of benzene rings is 1. The molecule has 1 aromatic heterocycles. The van der Waals surface area contributed by atoms with Crippen molar-refractivity contribution in [1.29, 1.82) is 0 Å². The Balaban J connectivity index is 2.30. The number of furan rings is 1. The van der Waals surface area contributed by atoms with E-state index < -0.39 is 0 Å². The zero-order chi connectivity index (χ0) is 11.5. The molecule has 0 aliphatic heterocycles. The fraction of sp³-hybridized carbons (Fsp3) is 0.250. The third-order valence-electron chi connectivity index (χ3n) is 2.18. The van der Waals surface area contributed by atoms with E-state index in [0.29, 0.717) is 23.8 Å². The summed E-state index contributed by atoms with van der Waals surface area (Å²) in [6, 6.07) is 4.08. The topological polar surface area (TPSA) is 39.4 Å². The van der Waals surface area contributed by atoms with Crippen LogP contribution in [0.1, 0.15) is 19.8 Å². The van der Waals surface area contributed by atoms with Crippen molar-refractivity contribution in [3.05, 3.63) is 30.3 Å². The van der Waals surface area contributed by atoms with E-state index in [-0.39, 0.29) is 17.5 Å². The fourth-order valence-electron chi connectivity index (χ4n) is 1.43. The summed E-state index contributed by atoms with van der Waals surface area (Å²) in [5.74, 6) is -0.455. The Morgan fingerprint density at radius 2 is 2.31 bits per heavy atom. The first-order valence-corrected chi connectivity index (χ1v) is 5.08. The number of rotatable bonds is 3. The summed E-state index contributed by atoms with van der Waals surface area (Å²) in [7, 11) is 0. The van der Waals surface area contributed by atoms with Gasteiger partial charge in [0.15, 0.2) is 5.75 Å². The summed E-state index contributed by atoms with van der Waals surface area (Å²) in [5, 5.41) is 0.476. The molecule has 0 saturated heterocycles. The smallest absolute Gasteiger partial charge is 0.311 e. The number of hydrogen-bond acceptors (Lipinski definition) is 3. The van der Waals surface area contributed by atoms with Gasteiger partial charge in [0.05, 0.1) is 5.39 Å². The van der Waals surface area contributed by atoms with Crippen molar-refractivity contribution in [2.45, 2.75) is 19.8 Å². The third kappa shape index (κ3) is 2.05. The van der Waals surface area contributed by atoms with Gasteiger partial charge >= 0.3 is 5.97 Å². The molecular weight excluding hydrogens is 211 g/mol. The molecule has 0 N–H and O–H groups in total. The molecule has 0 radical (unpaired) electrons. The van der Waals surface area contributed by atoms with Crippen molar-refractivity contribution in [1.82, 2.24) is 0 Å². The number of ether oxygens (including phenoxy) is 1. The summed E-state index contributed by atoms with van der Waals surface area (Å²) in [6.07, 6.45) is 2.36. The van der Waals surface area contributed by atoms with Gasteiger partial charge in [0.1, 0.15) is 17.7 Å². The van der Waals surface area contributed by atoms with Crippen molar-refractivity contribution in [3.8, 4) is 5.75 Å². The lowest BCUT2D eigenvalue weighted by Crippen LogP contribution is -2.06. The average Bonchev–Trinajstić information content (AvgIpc) is 2.61. The van der Waals surface area contributed by atoms with Crippen LogP contribution in [0.25, 0.3) is 11.0 Å². The van der Waals surface area contributed by atoms with E-state index in [0.717, 1.165) is 0 Å². The van der Waals surface area contributed by atoms with Crippen molar-refractivity contribution in [3.63, 3.8) is 0 Å². The van der Waals surface area contributed by atoms with E-state index in [9.17, 15) is 9.18 Å². The van der Waals surface area contributed by atoms with E-state index in [1.165, 1.54) is 24.5 Å². The zero-order valence-electron chi connectivity index (χ0n) is 8.83. The van der Waals surface area contributed by atoms with Gasteiger partial charge in [-0.2, -0.15) is 0 Å². The molecule has 0 amide bonds. The van der Waals surface area contributed by atoms with Crippen molar-refractivity contribution in [2.75, 3.05) is 0 Å². The largest absolute Gasteiger partial charge is 0.460 e. The van der Waals surface area contributed by atoms with Crippen LogP contribution in [0.5, 0.6) is 5.75 Å². The van der Waals surface area contributed by atoms with Gasteiger partial charge in [-0.25, -0.2) is 4.39 Å². The van der Waals surface area contributed by atoms with Crippen LogP contribution in [0, 0.1) is 5.82 Å². The molecule has 0 unspecified atom stereocenters. The maximum Gasteiger partial charge on any atom is 0.311 e. The number of carbonyl (C=O) groups excluding carboxylic acids is 1. The molecule has 1 heterocycles. The van der Waals surface area contributed by atoms with Gasteiger partial charge in [0.25, 0.3) is 0 Å². The van der Waals surface area contributed by atoms with Crippen LogP contribution in [0.15, 0.2) is 28.9 Å². The number of fused-ring (bicyclic) bond motifs is 1. The van der Waals surface area contributed by atoms with Gasteiger partial charge in [-0.3, -0.25) is 4.79 Å². The normalized spacial score (nSPS) is 10.6. The van der Waals surface area contributed by atoms with Crippen molar-refractivity contribution in [2.24, 2.45) is 0 Å². The van der Waals surface area contributed by atoms with E-state index in [1.54, 1.807) is 0 Å². The first-order valence-electron chi connectivity index (χ1n) is 5.08. The first kappa shape index (κ1) is 10.7. The molecule has 0 saturated carbocycles. The minimum Gasteiger partial charge on any atom is -0.460 e. The summed E-state index contributed by atoms with van der Waals surface area (Å²) in [5.41, 5.74) is 0.501. The SMILES string of the molecule is CCCC(=O)Oc1coc2ccc(F)cc12. The van der Waals surface area contributed by atoms with E-state index in [4.69, 9.17) is 9.15 Å². The lowest BCUT2D eigenvalue weighted by Gasteiger charge is -1.99. The number of hydrogen-bond donors (Lipinski definition) is 0. The first-order chi connectivity index (χ1) is 7.70. The second-order valence-electron chi connectivity index (χ2n) is 3.46. The molecule has 2 aromatic rings. The molecule has 0 bridgehead atoms. The molecule has 2 rings (SSSR count). The molecule has 84 valence electrons. The van der Waals surface area contributed by atoms with Crippen LogP contribution < -0.4 is 4.74 Å². The van der Waals surface area contributed by atoms with Gasteiger partial charge in [-0.05, 0) is 24.6 Å². The molecule has 16 heavy (non-hydrogen) atoms. The molecule has 0 spiro atoms. The van der Waals surface area contributed by atoms with Gasteiger partial charge < -0.3 is 9.15 Å². The summed E-state index contributed by atoms with van der Waals surface area (Å²) < 4.78 is 23.2. The number of halogens is 1. The molecule has 0 fully saturated rings. The summed E-state index contributed by atoms with van der Waals surface area (Å²) in [4.78, 5) is 11.3. The van der Waals surface area contributed by atoms with Crippen LogP contribution in [-0.4, -0.2) is 5.97 Å². The van der Waals surface area contributed by atoms with E-state index in [2.05, 4.69) is 0 Å². The second kappa shape index (κ2) is 4.35. The Hall–Kier alpha value is -1.84. The predicted molar refractivity (Wildman–Crippen MR) is 56.7 cm³/mol. The summed E-state index contributed by atoms with van der Waals surface area (Å²) >= 11 is 0. The van der Waals surface area contributed by atoms with Crippen LogP contribution in [0.4, 0.5) is 4.39 Å². The summed E-state index contributed by atoms with van der Waals surface area (Å²) in [6.45, 7) is 1.88. The van der Waals surface area contributed by atoms with Gasteiger partial charge in [-0.1, -0.05) is 6.92 Å². The molecule has 0 aliphatic carbocycles. The van der Waals surface area contributed by atoms with Gasteiger partial charge in [0, 0.05) is 6.42 Å². The molecule has 3 nitrogen and oxygen atoms in total. The molecule has 1 aromatic carbocycles. The quantitative estimate of drug-likeness (QED) is 0.748. The molecule has 0 atom stereocenters. The predicted octanol–water partition coefficient (Wildman–Crippen LogP) is 3.28. The maximum atomic E-state index is 13.0. The van der Waals surface area contributed by atoms with Crippen LogP contribution in [-0.2, 0) is 4.79 Å². The lowest BCUT2D eigenvalue weighted by atomic mass is 10.2. The number of esters is 1. The highest BCUT2D eigenvalue weighted by atomic mass is 19.1. The Labute approximate surface area is 91.8 Å². The minimum absolute atomic E-state index is 0.271. The van der Waals surface area contributed by atoms with Crippen LogP contribution in [0.2, 0.25) is 0 Å². The van der Waals surface area contributed by atoms with E-state index in [1.807, 2.05) is 6.92 Å². The Morgan fingerprint density at radius 1 is 1.50 bits per heavy atom. The highest BCUT2D eigenvalue weighted by Gasteiger charge is 2.11.